The van der Waals surface area contributed by atoms with Crippen LogP contribution < -0.4 is 0 Å². The van der Waals surface area contributed by atoms with Crippen LogP contribution in [-0.2, 0) is 0 Å². The zero-order chi connectivity index (χ0) is 23.4. The van der Waals surface area contributed by atoms with E-state index in [9.17, 15) is 0 Å². The lowest BCUT2D eigenvalue weighted by atomic mass is 9.96. The van der Waals surface area contributed by atoms with Crippen LogP contribution in [0.5, 0.6) is 0 Å². The average Bonchev–Trinajstić information content (AvgIpc) is 3.10. The van der Waals surface area contributed by atoms with E-state index in [1.165, 1.54) is 26.0 Å². The number of rotatable bonds is 4. The second-order valence-electron chi connectivity index (χ2n) is 4.92. The molecule has 0 radical (unpaired) electrons. The van der Waals surface area contributed by atoms with Gasteiger partial charge >= 0.3 is 0 Å². The number of hydrogen-bond acceptors (Lipinski definition) is 2. The van der Waals surface area contributed by atoms with E-state index >= 15 is 0 Å². The Hall–Kier alpha value is -2.61. The largest absolute Gasteiger partial charge is 0.455 e. The number of fused-ring (bicyclic) bond motifs is 3. The molecule has 0 saturated heterocycles. The Morgan fingerprint density at radius 2 is 2.36 bits per heavy atom. The first-order valence-electron chi connectivity index (χ1n) is 11.2. The maximum Gasteiger partial charge on any atom is 0.144 e. The van der Waals surface area contributed by atoms with Gasteiger partial charge in [0.05, 0.1) is 16.7 Å². The average molecular weight is 298 g/mol. The minimum Gasteiger partial charge on any atom is -0.455 e. The summed E-state index contributed by atoms with van der Waals surface area (Å²) in [6.07, 6.45) is 0. The van der Waals surface area contributed by atoms with E-state index < -0.39 is 35.8 Å². The Balaban J connectivity index is 2.51. The first kappa shape index (κ1) is 7.10. The van der Waals surface area contributed by atoms with Gasteiger partial charge in [0.25, 0.3) is 0 Å². The molecule has 0 amide bonds. The fraction of sp³-hybridized carbons (Fsp3) is 0.150. The van der Waals surface area contributed by atoms with Crippen LogP contribution in [0.15, 0.2) is 65.4 Å². The molecule has 110 valence electrons. The van der Waals surface area contributed by atoms with Crippen molar-refractivity contribution in [1.29, 1.82) is 5.41 Å². The lowest BCUT2D eigenvalue weighted by molar-refractivity contribution is 0.667. The Bertz CT molecular complexity index is 1310. The van der Waals surface area contributed by atoms with Crippen LogP contribution in [0.2, 0.25) is 0 Å². The fourth-order valence-corrected chi connectivity index (χ4v) is 2.32. The standard InChI is InChI=1S/C20H19NO/c1-4-5-11-17(21)15-9-6-10-16-19-14(13(2)3)8-7-12-18(19)22-20(15)16/h4-13,21H,1H2,2-3H3/b11-5-,21-17?/i1D,4D,5D,7D,8D,10D,11D,12D,13D/b4-1?,11-5-,21-17?. The normalized spacial score (nSPS) is 19.9. The summed E-state index contributed by atoms with van der Waals surface area (Å²) in [6, 6.07) is -0.245. The minimum absolute atomic E-state index is 0.0286. The van der Waals surface area contributed by atoms with Crippen molar-refractivity contribution >= 4 is 27.7 Å². The molecular formula is C20H19NO. The molecule has 3 aromatic rings. The second kappa shape index (κ2) is 5.64. The van der Waals surface area contributed by atoms with E-state index in [1.54, 1.807) is 0 Å². The molecule has 2 aromatic carbocycles. The summed E-state index contributed by atoms with van der Waals surface area (Å²) in [5.41, 5.74) is -0.450. The van der Waals surface area contributed by atoms with Crippen molar-refractivity contribution in [3.8, 4) is 0 Å². The van der Waals surface area contributed by atoms with Crippen LogP contribution in [0.1, 0.15) is 43.2 Å². The van der Waals surface area contributed by atoms with Gasteiger partial charge in [0.1, 0.15) is 11.2 Å². The van der Waals surface area contributed by atoms with Crippen LogP contribution in [0.25, 0.3) is 21.9 Å². The van der Waals surface area contributed by atoms with Crippen molar-refractivity contribution in [3.63, 3.8) is 0 Å². The number of allylic oxidation sites excluding steroid dienone is 3. The quantitative estimate of drug-likeness (QED) is 0.478. The van der Waals surface area contributed by atoms with E-state index in [1.807, 2.05) is 0 Å². The molecular weight excluding hydrogens is 270 g/mol. The smallest absolute Gasteiger partial charge is 0.144 e. The third-order valence-corrected chi connectivity index (χ3v) is 3.27. The zero-order valence-corrected chi connectivity index (χ0v) is 12.1. The van der Waals surface area contributed by atoms with Crippen molar-refractivity contribution < 1.29 is 16.8 Å². The topological polar surface area (TPSA) is 37.0 Å². The van der Waals surface area contributed by atoms with Gasteiger partial charge in [-0.05, 0) is 29.6 Å². The summed E-state index contributed by atoms with van der Waals surface area (Å²) in [7, 11) is 0. The van der Waals surface area contributed by atoms with Gasteiger partial charge in [-0.15, -0.1) is 0 Å². The van der Waals surface area contributed by atoms with E-state index in [2.05, 4.69) is 0 Å². The summed E-state index contributed by atoms with van der Waals surface area (Å²) in [5, 5.41) is 8.68. The molecule has 2 heteroatoms. The molecule has 0 unspecified atom stereocenters. The Morgan fingerprint density at radius 1 is 1.50 bits per heavy atom. The molecule has 0 saturated carbocycles. The molecule has 0 spiro atoms. The molecule has 0 aliphatic carbocycles. The van der Waals surface area contributed by atoms with Crippen molar-refractivity contribution in [1.82, 2.24) is 0 Å². The molecule has 0 aliphatic rings. The number of benzene rings is 2. The third kappa shape index (κ3) is 2.27. The number of furan rings is 1. The highest BCUT2D eigenvalue weighted by Gasteiger charge is 2.16. The third-order valence-electron chi connectivity index (χ3n) is 3.27. The van der Waals surface area contributed by atoms with Gasteiger partial charge in [-0.25, -0.2) is 0 Å². The van der Waals surface area contributed by atoms with Crippen molar-refractivity contribution in [2.75, 3.05) is 0 Å². The van der Waals surface area contributed by atoms with E-state index in [4.69, 9.17) is 22.2 Å². The van der Waals surface area contributed by atoms with Gasteiger partial charge < -0.3 is 9.83 Å². The maximum absolute atomic E-state index is 8.46. The van der Waals surface area contributed by atoms with Gasteiger partial charge in [-0.2, -0.15) is 0 Å². The van der Waals surface area contributed by atoms with Gasteiger partial charge in [-0.1, -0.05) is 56.7 Å². The highest BCUT2D eigenvalue weighted by atomic mass is 16.3. The lowest BCUT2D eigenvalue weighted by Crippen LogP contribution is -1.94. The first-order valence-corrected chi connectivity index (χ1v) is 6.61. The SMILES string of the molecule is [2H]C=C([2H])/C([2H])=C(/[2H])C(=N)c1ccc([2H])c2c1oc1c([2H])c([2H])c([2H])c(C([2H])(C)C)c12. The second-order valence-corrected chi connectivity index (χ2v) is 4.92. The predicted molar refractivity (Wildman–Crippen MR) is 94.0 cm³/mol. The Morgan fingerprint density at radius 3 is 3.14 bits per heavy atom. The van der Waals surface area contributed by atoms with Crippen LogP contribution in [0.3, 0.4) is 0 Å². The van der Waals surface area contributed by atoms with E-state index in [0.717, 1.165) is 0 Å². The predicted octanol–water partition coefficient (Wildman–Crippen LogP) is 5.82. The number of nitrogens with one attached hydrogen (secondary N) is 1. The highest BCUT2D eigenvalue weighted by molar-refractivity contribution is 6.18. The summed E-state index contributed by atoms with van der Waals surface area (Å²) in [6.45, 7) is 3.64. The van der Waals surface area contributed by atoms with Gasteiger partial charge in [-0.3, -0.25) is 0 Å². The molecule has 2 nitrogen and oxygen atoms in total. The molecule has 22 heavy (non-hydrogen) atoms. The molecule has 0 aliphatic heterocycles. The van der Waals surface area contributed by atoms with Gasteiger partial charge in [0, 0.05) is 17.7 Å². The lowest BCUT2D eigenvalue weighted by Gasteiger charge is -2.06. The van der Waals surface area contributed by atoms with Crippen molar-refractivity contribution in [3.05, 3.63) is 72.1 Å². The zero-order valence-electron chi connectivity index (χ0n) is 21.1. The van der Waals surface area contributed by atoms with Crippen LogP contribution in [-0.4, -0.2) is 5.71 Å². The molecule has 1 aromatic heterocycles. The molecule has 3 rings (SSSR count). The maximum atomic E-state index is 8.46. The molecule has 1 N–H and O–H groups in total. The van der Waals surface area contributed by atoms with Gasteiger partial charge in [0.15, 0.2) is 0 Å². The van der Waals surface area contributed by atoms with E-state index in [-0.39, 0.29) is 51.2 Å². The van der Waals surface area contributed by atoms with Crippen LogP contribution in [0.4, 0.5) is 0 Å². The summed E-state index contributed by atoms with van der Waals surface area (Å²) in [4.78, 5) is 0. The minimum atomic E-state index is -1.35. The summed E-state index contributed by atoms with van der Waals surface area (Å²) < 4.78 is 77.8. The summed E-state index contributed by atoms with van der Waals surface area (Å²) >= 11 is 0. The Kier molecular flexibility index (Phi) is 1.82. The first-order chi connectivity index (χ1) is 14.3. The monoisotopic (exact) mass is 298 g/mol. The van der Waals surface area contributed by atoms with Crippen molar-refractivity contribution in [2.24, 2.45) is 0 Å². The highest BCUT2D eigenvalue weighted by Crippen LogP contribution is 2.36. The summed E-state index contributed by atoms with van der Waals surface area (Å²) in [5.74, 6) is -1.35. The molecule has 0 atom stereocenters. The van der Waals surface area contributed by atoms with Crippen molar-refractivity contribution in [2.45, 2.75) is 19.7 Å². The Labute approximate surface area is 142 Å². The number of para-hydroxylation sites is 1. The van der Waals surface area contributed by atoms with Crippen LogP contribution in [0, 0.1) is 5.41 Å². The molecule has 0 fully saturated rings. The molecule has 1 heterocycles. The molecule has 0 bridgehead atoms. The number of hydrogen-bond donors (Lipinski definition) is 1. The van der Waals surface area contributed by atoms with E-state index in [0.29, 0.717) is 6.55 Å². The van der Waals surface area contributed by atoms with Gasteiger partial charge in [0.2, 0.25) is 0 Å². The fourth-order valence-electron chi connectivity index (χ4n) is 2.32. The van der Waals surface area contributed by atoms with Crippen LogP contribution >= 0.6 is 0 Å².